The molecule has 3 heterocycles. The van der Waals surface area contributed by atoms with E-state index in [-0.39, 0.29) is 21.7 Å². The summed E-state index contributed by atoms with van der Waals surface area (Å²) in [5.41, 5.74) is 13.1. The number of pyridine rings is 1. The molecule has 0 saturated carbocycles. The summed E-state index contributed by atoms with van der Waals surface area (Å²) in [7, 11) is 0. The van der Waals surface area contributed by atoms with E-state index in [1.165, 1.54) is 55.7 Å². The van der Waals surface area contributed by atoms with E-state index < -0.39 is 0 Å². The standard InChI is InChI=1S/C55H62N4O/c1-36-37(2)58(35-57(36)43-21-17-20-39(28-43)52(3,4)5)44-29-42(55(12,13)38-18-15-14-16-19-38)30-46(33-44)60-45-23-24-47-48-31-40(53(6,7)8)22-25-49(48)59(50(47)34-45)51-32-41(26-27-56-51)54(9,10)11/h14-34H,35H2,1-13H3. The van der Waals surface area contributed by atoms with Crippen molar-refractivity contribution in [3.63, 3.8) is 0 Å². The number of anilines is 2. The highest BCUT2D eigenvalue weighted by Crippen LogP contribution is 2.43. The summed E-state index contributed by atoms with van der Waals surface area (Å²) in [6, 6.07) is 44.4. The molecule has 0 fully saturated rings. The van der Waals surface area contributed by atoms with Crippen molar-refractivity contribution in [2.75, 3.05) is 16.5 Å². The van der Waals surface area contributed by atoms with Crippen LogP contribution in [0.5, 0.6) is 11.5 Å². The minimum atomic E-state index is -0.284. The molecule has 0 atom stereocenters. The van der Waals surface area contributed by atoms with Crippen LogP contribution in [0.4, 0.5) is 11.4 Å². The van der Waals surface area contributed by atoms with Gasteiger partial charge in [-0.2, -0.15) is 0 Å². The molecule has 60 heavy (non-hydrogen) atoms. The van der Waals surface area contributed by atoms with Gasteiger partial charge in [-0.3, -0.25) is 4.57 Å². The maximum atomic E-state index is 7.04. The number of benzene rings is 5. The predicted octanol–water partition coefficient (Wildman–Crippen LogP) is 14.7. The molecule has 0 spiro atoms. The zero-order valence-corrected chi connectivity index (χ0v) is 38.0. The van der Waals surface area contributed by atoms with Gasteiger partial charge in [0.15, 0.2) is 0 Å². The maximum absolute atomic E-state index is 7.04. The molecular weight excluding hydrogens is 733 g/mol. The van der Waals surface area contributed by atoms with Gasteiger partial charge < -0.3 is 14.5 Å². The Morgan fingerprint density at radius 1 is 0.467 bits per heavy atom. The van der Waals surface area contributed by atoms with Crippen molar-refractivity contribution in [3.05, 3.63) is 167 Å². The molecule has 5 nitrogen and oxygen atoms in total. The Kier molecular flexibility index (Phi) is 10.0. The lowest BCUT2D eigenvalue weighted by Crippen LogP contribution is -2.28. The molecule has 0 aliphatic carbocycles. The third-order valence-corrected chi connectivity index (χ3v) is 12.7. The quantitative estimate of drug-likeness (QED) is 0.161. The van der Waals surface area contributed by atoms with Crippen LogP contribution in [-0.4, -0.2) is 16.2 Å². The Hall–Kier alpha value is -5.81. The fourth-order valence-corrected chi connectivity index (χ4v) is 8.54. The Morgan fingerprint density at radius 2 is 1.08 bits per heavy atom. The first kappa shape index (κ1) is 40.9. The molecule has 308 valence electrons. The summed E-state index contributed by atoms with van der Waals surface area (Å²) in [6.07, 6.45) is 1.94. The zero-order chi connectivity index (χ0) is 42.9. The highest BCUT2D eigenvalue weighted by atomic mass is 16.5. The zero-order valence-electron chi connectivity index (χ0n) is 38.0. The largest absolute Gasteiger partial charge is 0.457 e. The molecule has 5 aromatic carbocycles. The fourth-order valence-electron chi connectivity index (χ4n) is 8.54. The van der Waals surface area contributed by atoms with Gasteiger partial charge >= 0.3 is 0 Å². The van der Waals surface area contributed by atoms with E-state index in [9.17, 15) is 0 Å². The summed E-state index contributed by atoms with van der Waals surface area (Å²) in [4.78, 5) is 9.83. The molecule has 1 aliphatic heterocycles. The molecule has 0 radical (unpaired) electrons. The van der Waals surface area contributed by atoms with Crippen molar-refractivity contribution in [1.29, 1.82) is 0 Å². The second kappa shape index (κ2) is 14.7. The summed E-state index contributed by atoms with van der Waals surface area (Å²) in [6.45, 7) is 30.2. The summed E-state index contributed by atoms with van der Waals surface area (Å²) in [5, 5.41) is 2.39. The molecule has 0 bridgehead atoms. The first-order valence-corrected chi connectivity index (χ1v) is 21.5. The molecule has 5 heteroatoms. The third-order valence-electron chi connectivity index (χ3n) is 12.7. The lowest BCUT2D eigenvalue weighted by molar-refractivity contribution is 0.480. The minimum Gasteiger partial charge on any atom is -0.457 e. The van der Waals surface area contributed by atoms with Crippen LogP contribution in [0, 0.1) is 0 Å². The van der Waals surface area contributed by atoms with Crippen LogP contribution in [0.2, 0.25) is 0 Å². The number of aromatic nitrogens is 2. The van der Waals surface area contributed by atoms with E-state index in [4.69, 9.17) is 9.72 Å². The van der Waals surface area contributed by atoms with Gasteiger partial charge in [-0.25, -0.2) is 4.98 Å². The van der Waals surface area contributed by atoms with E-state index in [1.807, 2.05) is 6.20 Å². The number of ether oxygens (including phenoxy) is 1. The number of rotatable bonds is 7. The van der Waals surface area contributed by atoms with Crippen molar-refractivity contribution in [1.82, 2.24) is 9.55 Å². The van der Waals surface area contributed by atoms with Crippen molar-refractivity contribution < 1.29 is 4.74 Å². The van der Waals surface area contributed by atoms with Crippen LogP contribution < -0.4 is 14.5 Å². The Balaban J connectivity index is 1.26. The fraction of sp³-hybridized carbons (Fsp3) is 0.327. The molecule has 7 aromatic rings. The molecule has 0 saturated heterocycles. The van der Waals surface area contributed by atoms with Crippen molar-refractivity contribution in [2.45, 2.75) is 112 Å². The highest BCUT2D eigenvalue weighted by molar-refractivity contribution is 6.09. The second-order valence-corrected chi connectivity index (χ2v) is 20.4. The molecule has 0 amide bonds. The number of hydrogen-bond acceptors (Lipinski definition) is 4. The Labute approximate surface area is 358 Å². The number of nitrogens with zero attached hydrogens (tertiary/aromatic N) is 4. The van der Waals surface area contributed by atoms with Gasteiger partial charge in [0.05, 0.1) is 17.7 Å². The van der Waals surface area contributed by atoms with Gasteiger partial charge in [-0.05, 0) is 119 Å². The highest BCUT2D eigenvalue weighted by Gasteiger charge is 2.30. The second-order valence-electron chi connectivity index (χ2n) is 20.4. The molecule has 0 unspecified atom stereocenters. The van der Waals surface area contributed by atoms with E-state index in [2.05, 4.69) is 226 Å². The SMILES string of the molecule is CC1=C(C)N(c2cc(Oc3ccc4c5cc(C(C)(C)C)ccc5n(-c5cc(C(C)(C)C)ccn5)c4c3)cc(C(C)(C)c3ccccc3)c2)CN1c1cccc(C(C)(C)C)c1. The molecule has 1 aliphatic rings. The summed E-state index contributed by atoms with van der Waals surface area (Å²) >= 11 is 0. The van der Waals surface area contributed by atoms with E-state index in [1.54, 1.807) is 0 Å². The van der Waals surface area contributed by atoms with Gasteiger partial charge in [-0.15, -0.1) is 0 Å². The summed E-state index contributed by atoms with van der Waals surface area (Å²) in [5.74, 6) is 2.48. The lowest BCUT2D eigenvalue weighted by atomic mass is 9.78. The first-order valence-electron chi connectivity index (χ1n) is 21.5. The van der Waals surface area contributed by atoms with E-state index in [0.717, 1.165) is 34.0 Å². The average Bonchev–Trinajstić information content (AvgIpc) is 3.69. The topological polar surface area (TPSA) is 33.5 Å². The van der Waals surface area contributed by atoms with Crippen molar-refractivity contribution in [3.8, 4) is 17.3 Å². The Morgan fingerprint density at radius 3 is 1.77 bits per heavy atom. The van der Waals surface area contributed by atoms with Crippen molar-refractivity contribution >= 4 is 33.2 Å². The van der Waals surface area contributed by atoms with Crippen molar-refractivity contribution in [2.24, 2.45) is 0 Å². The average molecular weight is 795 g/mol. The molecule has 0 N–H and O–H groups in total. The first-order chi connectivity index (χ1) is 28.2. The monoisotopic (exact) mass is 794 g/mol. The number of allylic oxidation sites excluding steroid dienone is 2. The number of fused-ring (bicyclic) bond motifs is 3. The van der Waals surface area contributed by atoms with Gasteiger partial charge in [0, 0.05) is 57.3 Å². The normalized spacial score (nSPS) is 14.2. The minimum absolute atomic E-state index is 0.0151. The van der Waals surface area contributed by atoms with E-state index >= 15 is 0 Å². The van der Waals surface area contributed by atoms with E-state index in [0.29, 0.717) is 6.67 Å². The van der Waals surface area contributed by atoms with Gasteiger partial charge in [0.1, 0.15) is 17.3 Å². The van der Waals surface area contributed by atoms with Gasteiger partial charge in [0.25, 0.3) is 0 Å². The molecule has 2 aromatic heterocycles. The lowest BCUT2D eigenvalue weighted by Gasteiger charge is -2.30. The maximum Gasteiger partial charge on any atom is 0.137 e. The predicted molar refractivity (Wildman–Crippen MR) is 254 cm³/mol. The van der Waals surface area contributed by atoms with Crippen LogP contribution in [-0.2, 0) is 21.7 Å². The Bertz CT molecular complexity index is 2770. The van der Waals surface area contributed by atoms with Gasteiger partial charge in [-0.1, -0.05) is 125 Å². The van der Waals surface area contributed by atoms with Crippen LogP contribution in [0.3, 0.4) is 0 Å². The molecule has 8 rings (SSSR count). The van der Waals surface area contributed by atoms with Crippen LogP contribution in [0.15, 0.2) is 139 Å². The number of hydrogen-bond donors (Lipinski definition) is 0. The summed E-state index contributed by atoms with van der Waals surface area (Å²) < 4.78 is 9.35. The van der Waals surface area contributed by atoms with Crippen LogP contribution in [0.1, 0.15) is 118 Å². The third kappa shape index (κ3) is 7.59. The molecular formula is C55H62N4O. The van der Waals surface area contributed by atoms with Gasteiger partial charge in [0.2, 0.25) is 0 Å². The van der Waals surface area contributed by atoms with Crippen LogP contribution >= 0.6 is 0 Å². The van der Waals surface area contributed by atoms with Crippen LogP contribution in [0.25, 0.3) is 27.6 Å². The smallest absolute Gasteiger partial charge is 0.137 e.